The lowest BCUT2D eigenvalue weighted by molar-refractivity contribution is -0.262. The van der Waals surface area contributed by atoms with Gasteiger partial charge in [0, 0.05) is 29.4 Å². The molecule has 1 aliphatic carbocycles. The van der Waals surface area contributed by atoms with Gasteiger partial charge in [0.2, 0.25) is 0 Å². The normalized spacial score (nSPS) is 33.9. The summed E-state index contributed by atoms with van der Waals surface area (Å²) in [5.41, 5.74) is -2.83. The van der Waals surface area contributed by atoms with Gasteiger partial charge in [-0.1, -0.05) is 6.92 Å². The molecule has 0 bridgehead atoms. The minimum atomic E-state index is -1.25. The van der Waals surface area contributed by atoms with Crippen molar-refractivity contribution < 1.29 is 28.5 Å². The van der Waals surface area contributed by atoms with Crippen LogP contribution in [0.25, 0.3) is 11.3 Å². The highest BCUT2D eigenvalue weighted by atomic mass is 16.6. The van der Waals surface area contributed by atoms with Gasteiger partial charge in [0.05, 0.1) is 12.7 Å². The van der Waals surface area contributed by atoms with E-state index in [1.807, 2.05) is 38.1 Å². The van der Waals surface area contributed by atoms with Crippen LogP contribution in [0.4, 0.5) is 0 Å². The third kappa shape index (κ3) is 3.13. The Bertz CT molecular complexity index is 1200. The first kappa shape index (κ1) is 23.0. The molecule has 0 radical (unpaired) electrons. The Morgan fingerprint density at radius 1 is 1.00 bits per heavy atom. The summed E-state index contributed by atoms with van der Waals surface area (Å²) in [5.74, 6) is 1.16. The first-order valence-corrected chi connectivity index (χ1v) is 11.9. The van der Waals surface area contributed by atoms with Crippen molar-refractivity contribution in [1.82, 2.24) is 0 Å². The van der Waals surface area contributed by atoms with Crippen molar-refractivity contribution in [2.45, 2.75) is 76.6 Å². The maximum atomic E-state index is 13.1. The van der Waals surface area contributed by atoms with Crippen LogP contribution in [0.15, 0.2) is 39.5 Å². The second-order valence-electron chi connectivity index (χ2n) is 10.9. The van der Waals surface area contributed by atoms with Crippen molar-refractivity contribution in [3.8, 4) is 22.8 Å². The molecule has 5 rings (SSSR count). The molecular formula is C27H32O7. The van der Waals surface area contributed by atoms with Crippen LogP contribution in [0.1, 0.15) is 58.9 Å². The number of cyclic esters (lactones) is 1. The van der Waals surface area contributed by atoms with Crippen molar-refractivity contribution in [2.75, 3.05) is 7.11 Å². The van der Waals surface area contributed by atoms with Crippen LogP contribution in [-0.2, 0) is 16.0 Å². The number of carbonyl (C=O) groups is 1. The summed E-state index contributed by atoms with van der Waals surface area (Å²) < 4.78 is 23.2. The van der Waals surface area contributed by atoms with Gasteiger partial charge < -0.3 is 23.7 Å². The third-order valence-electron chi connectivity index (χ3n) is 8.78. The Hall–Kier alpha value is -2.80. The van der Waals surface area contributed by atoms with Crippen molar-refractivity contribution in [3.63, 3.8) is 0 Å². The van der Waals surface area contributed by atoms with E-state index in [0.29, 0.717) is 48.5 Å². The predicted molar refractivity (Wildman–Crippen MR) is 125 cm³/mol. The van der Waals surface area contributed by atoms with E-state index in [4.69, 9.17) is 18.6 Å². The predicted octanol–water partition coefficient (Wildman–Crippen LogP) is 4.27. The number of hydrogen-bond acceptors (Lipinski definition) is 7. The molecule has 3 heterocycles. The zero-order valence-electron chi connectivity index (χ0n) is 20.4. The van der Waals surface area contributed by atoms with Crippen LogP contribution in [0, 0.1) is 11.3 Å². The molecule has 1 N–H and O–H groups in total. The summed E-state index contributed by atoms with van der Waals surface area (Å²) in [5, 5.41) is 12.0. The molecule has 2 aromatic rings. The van der Waals surface area contributed by atoms with E-state index in [1.54, 1.807) is 27.0 Å². The number of benzene rings is 1. The molecule has 4 atom stereocenters. The molecule has 2 fully saturated rings. The molecule has 34 heavy (non-hydrogen) atoms. The first-order valence-electron chi connectivity index (χ1n) is 11.9. The van der Waals surface area contributed by atoms with Crippen molar-refractivity contribution >= 4 is 5.97 Å². The van der Waals surface area contributed by atoms with E-state index in [2.05, 4.69) is 0 Å². The number of esters is 1. The van der Waals surface area contributed by atoms with Gasteiger partial charge in [0.1, 0.15) is 34.1 Å². The fraction of sp³-hybridized carbons (Fsp3) is 0.556. The summed E-state index contributed by atoms with van der Waals surface area (Å²) in [6.45, 7) is 7.63. The quantitative estimate of drug-likeness (QED) is 0.658. The Morgan fingerprint density at radius 2 is 1.71 bits per heavy atom. The van der Waals surface area contributed by atoms with E-state index in [1.165, 1.54) is 0 Å². The topological polar surface area (TPSA) is 95.2 Å². The molecule has 7 nitrogen and oxygen atoms in total. The number of aliphatic hydroxyl groups is 1. The maximum absolute atomic E-state index is 13.1. The first-order chi connectivity index (χ1) is 15.9. The monoisotopic (exact) mass is 468 g/mol. The molecule has 1 saturated heterocycles. The standard InChI is InChI=1S/C27H32O7/c1-24(2)27(30)13-12-26(4)21(25(27,3)11-10-22(28)34-24)14-18-20(33-26)15-19(32-23(18)29)16-6-8-17(31-5)9-7-16/h6-9,15,21,30H,10-14H2,1-5H3. The largest absolute Gasteiger partial charge is 0.497 e. The highest BCUT2D eigenvalue weighted by Crippen LogP contribution is 2.63. The van der Waals surface area contributed by atoms with Gasteiger partial charge in [0.25, 0.3) is 0 Å². The van der Waals surface area contributed by atoms with Gasteiger partial charge in [-0.3, -0.25) is 4.79 Å². The number of rotatable bonds is 2. The Morgan fingerprint density at radius 3 is 2.38 bits per heavy atom. The van der Waals surface area contributed by atoms with Gasteiger partial charge in [-0.15, -0.1) is 0 Å². The van der Waals surface area contributed by atoms with Crippen LogP contribution in [0.2, 0.25) is 0 Å². The highest BCUT2D eigenvalue weighted by molar-refractivity contribution is 5.71. The number of hydrogen-bond donors (Lipinski definition) is 1. The zero-order valence-corrected chi connectivity index (χ0v) is 20.4. The van der Waals surface area contributed by atoms with E-state index in [9.17, 15) is 14.7 Å². The van der Waals surface area contributed by atoms with Gasteiger partial charge in [-0.2, -0.15) is 0 Å². The average Bonchev–Trinajstić information content (AvgIpc) is 2.85. The number of fused-ring (bicyclic) bond motifs is 4. The number of ether oxygens (including phenoxy) is 3. The van der Waals surface area contributed by atoms with E-state index in [-0.39, 0.29) is 18.3 Å². The molecule has 7 heteroatoms. The lowest BCUT2D eigenvalue weighted by atomic mass is 9.47. The van der Waals surface area contributed by atoms with Gasteiger partial charge in [0.15, 0.2) is 0 Å². The van der Waals surface area contributed by atoms with E-state index < -0.39 is 27.8 Å². The van der Waals surface area contributed by atoms with Gasteiger partial charge in [-0.25, -0.2) is 4.79 Å². The Kier molecular flexibility index (Phi) is 4.96. The molecule has 1 aromatic heterocycles. The van der Waals surface area contributed by atoms with Gasteiger partial charge >= 0.3 is 11.6 Å². The van der Waals surface area contributed by atoms with E-state index in [0.717, 1.165) is 5.56 Å². The molecule has 2 aliphatic heterocycles. The maximum Gasteiger partial charge on any atom is 0.343 e. The van der Waals surface area contributed by atoms with Gasteiger partial charge in [-0.05, 0) is 70.7 Å². The van der Waals surface area contributed by atoms with Crippen molar-refractivity contribution in [2.24, 2.45) is 11.3 Å². The molecule has 4 unspecified atom stereocenters. The molecule has 3 aliphatic rings. The van der Waals surface area contributed by atoms with Crippen molar-refractivity contribution in [1.29, 1.82) is 0 Å². The third-order valence-corrected chi connectivity index (χ3v) is 8.78. The van der Waals surface area contributed by atoms with Crippen LogP contribution in [0.3, 0.4) is 0 Å². The summed E-state index contributed by atoms with van der Waals surface area (Å²) >= 11 is 0. The van der Waals surface area contributed by atoms with E-state index >= 15 is 0 Å². The Balaban J connectivity index is 1.58. The second-order valence-corrected chi connectivity index (χ2v) is 10.9. The second kappa shape index (κ2) is 7.35. The van der Waals surface area contributed by atoms with Crippen LogP contribution in [-0.4, -0.2) is 35.0 Å². The summed E-state index contributed by atoms with van der Waals surface area (Å²) in [6.07, 6.45) is 2.08. The lowest BCUT2D eigenvalue weighted by Gasteiger charge is -2.63. The minimum absolute atomic E-state index is 0.199. The summed E-state index contributed by atoms with van der Waals surface area (Å²) in [4.78, 5) is 25.5. The smallest absolute Gasteiger partial charge is 0.343 e. The average molecular weight is 469 g/mol. The van der Waals surface area contributed by atoms with Crippen LogP contribution >= 0.6 is 0 Å². The Labute approximate surface area is 199 Å². The number of methoxy groups -OCH3 is 1. The molecule has 0 amide bonds. The molecule has 182 valence electrons. The summed E-state index contributed by atoms with van der Waals surface area (Å²) in [7, 11) is 1.60. The van der Waals surface area contributed by atoms with Crippen molar-refractivity contribution in [3.05, 3.63) is 46.3 Å². The fourth-order valence-electron chi connectivity index (χ4n) is 6.69. The molecular weight excluding hydrogens is 436 g/mol. The SMILES string of the molecule is COc1ccc(-c2cc3c(c(=O)o2)CC2C(C)(CCC4(O)C(C)(C)OC(=O)CCC24C)O3)cc1. The summed E-state index contributed by atoms with van der Waals surface area (Å²) in [6, 6.07) is 9.08. The van der Waals surface area contributed by atoms with Crippen LogP contribution < -0.4 is 15.1 Å². The molecule has 0 spiro atoms. The molecule has 1 saturated carbocycles. The fourth-order valence-corrected chi connectivity index (χ4v) is 6.69. The van der Waals surface area contributed by atoms with Crippen LogP contribution in [0.5, 0.6) is 11.5 Å². The number of carbonyl (C=O) groups excluding carboxylic acids is 1. The zero-order chi connectivity index (χ0) is 24.5. The minimum Gasteiger partial charge on any atom is -0.497 e. The lowest BCUT2D eigenvalue weighted by Crippen LogP contribution is -2.71. The highest BCUT2D eigenvalue weighted by Gasteiger charge is 2.69. The molecule has 1 aromatic carbocycles.